The van der Waals surface area contributed by atoms with Gasteiger partial charge in [-0.15, -0.1) is 0 Å². The number of benzene rings is 4. The zero-order chi connectivity index (χ0) is 28.8. The fourth-order valence-corrected chi connectivity index (χ4v) is 5.91. The van der Waals surface area contributed by atoms with Crippen LogP contribution in [0.3, 0.4) is 0 Å². The Morgan fingerprint density at radius 2 is 1.57 bits per heavy atom. The molecule has 0 radical (unpaired) electrons. The Morgan fingerprint density at radius 1 is 0.786 bits per heavy atom. The summed E-state index contributed by atoms with van der Waals surface area (Å²) in [6, 6.07) is 29.2. The first-order chi connectivity index (χ1) is 20.5. The normalized spacial score (nSPS) is 11.4. The maximum absolute atomic E-state index is 14.2. The third kappa shape index (κ3) is 4.51. The molecule has 0 fully saturated rings. The lowest BCUT2D eigenvalue weighted by Gasteiger charge is -2.11. The number of pyridine rings is 1. The Bertz CT molecular complexity index is 2080. The van der Waals surface area contributed by atoms with Crippen molar-refractivity contribution in [3.63, 3.8) is 0 Å². The summed E-state index contributed by atoms with van der Waals surface area (Å²) in [5.41, 5.74) is 8.91. The molecule has 0 spiro atoms. The topological polar surface area (TPSA) is 44.9 Å². The molecule has 0 atom stereocenters. The summed E-state index contributed by atoms with van der Waals surface area (Å²) in [7, 11) is 0. The molecule has 0 aliphatic heterocycles. The summed E-state index contributed by atoms with van der Waals surface area (Å²) >= 11 is 0. The summed E-state index contributed by atoms with van der Waals surface area (Å²) in [4.78, 5) is 4.46. The minimum Gasteiger partial charge on any atom is -0.457 e. The van der Waals surface area contributed by atoms with Gasteiger partial charge in [0.15, 0.2) is 0 Å². The number of para-hydroxylation sites is 1. The van der Waals surface area contributed by atoms with Crippen LogP contribution < -0.4 is 4.74 Å². The van der Waals surface area contributed by atoms with Crippen LogP contribution in [0.4, 0.5) is 4.39 Å². The fourth-order valence-electron chi connectivity index (χ4n) is 5.91. The molecule has 0 bridgehead atoms. The first-order valence-corrected chi connectivity index (χ1v) is 14.1. The number of aryl methyl sites for hydroxylation is 3. The monoisotopic (exact) mass is 552 g/mol. The molecule has 3 heterocycles. The minimum absolute atomic E-state index is 0.333. The van der Waals surface area contributed by atoms with Crippen molar-refractivity contribution in [2.45, 2.75) is 27.2 Å². The van der Waals surface area contributed by atoms with E-state index in [9.17, 15) is 4.39 Å². The first kappa shape index (κ1) is 25.7. The van der Waals surface area contributed by atoms with E-state index in [-0.39, 0.29) is 5.82 Å². The van der Waals surface area contributed by atoms with Crippen molar-refractivity contribution >= 4 is 21.8 Å². The Morgan fingerprint density at radius 3 is 2.38 bits per heavy atom. The van der Waals surface area contributed by atoms with Crippen LogP contribution >= 0.6 is 0 Å². The van der Waals surface area contributed by atoms with Gasteiger partial charge in [0.25, 0.3) is 0 Å². The van der Waals surface area contributed by atoms with Crippen molar-refractivity contribution < 1.29 is 9.13 Å². The Balaban J connectivity index is 1.24. The van der Waals surface area contributed by atoms with Gasteiger partial charge in [0.1, 0.15) is 23.1 Å². The van der Waals surface area contributed by atoms with E-state index >= 15 is 0 Å². The first-order valence-electron chi connectivity index (χ1n) is 14.1. The Labute approximate surface area is 243 Å². The maximum Gasteiger partial charge on any atom is 0.140 e. The molecule has 0 aliphatic carbocycles. The van der Waals surface area contributed by atoms with Gasteiger partial charge in [-0.1, -0.05) is 43.3 Å². The van der Waals surface area contributed by atoms with Gasteiger partial charge in [0, 0.05) is 46.9 Å². The second-order valence-electron chi connectivity index (χ2n) is 10.6. The zero-order valence-corrected chi connectivity index (χ0v) is 23.7. The number of nitrogens with zero attached hydrogens (tertiary/aromatic N) is 4. The quantitative estimate of drug-likeness (QED) is 0.207. The molecule has 0 saturated carbocycles. The average molecular weight is 553 g/mol. The van der Waals surface area contributed by atoms with Gasteiger partial charge in [-0.25, -0.2) is 14.1 Å². The van der Waals surface area contributed by atoms with Crippen LogP contribution in [0.25, 0.3) is 44.4 Å². The molecule has 42 heavy (non-hydrogen) atoms. The fraction of sp³-hybridized carbons (Fsp3) is 0.111. The molecule has 7 aromatic rings. The highest BCUT2D eigenvalue weighted by Crippen LogP contribution is 2.35. The van der Waals surface area contributed by atoms with E-state index in [0.717, 1.165) is 39.5 Å². The van der Waals surface area contributed by atoms with Crippen molar-refractivity contribution in [1.29, 1.82) is 0 Å². The van der Waals surface area contributed by atoms with E-state index < -0.39 is 0 Å². The number of hydrogen-bond acceptors (Lipinski definition) is 3. The second-order valence-corrected chi connectivity index (χ2v) is 10.6. The number of fused-ring (bicyclic) bond motifs is 3. The molecule has 206 valence electrons. The number of ether oxygens (including phenoxy) is 1. The summed E-state index contributed by atoms with van der Waals surface area (Å²) in [6.45, 7) is 6.50. The minimum atomic E-state index is -0.333. The lowest BCUT2D eigenvalue weighted by molar-refractivity contribution is 0.483. The summed E-state index contributed by atoms with van der Waals surface area (Å²) in [5, 5.41) is 6.78. The highest BCUT2D eigenvalue weighted by atomic mass is 19.1. The van der Waals surface area contributed by atoms with Gasteiger partial charge in [0.05, 0.1) is 22.9 Å². The molecule has 0 N–H and O–H groups in total. The van der Waals surface area contributed by atoms with Crippen LogP contribution in [0.2, 0.25) is 0 Å². The highest BCUT2D eigenvalue weighted by molar-refractivity contribution is 6.09. The molecule has 3 aromatic heterocycles. The molecular weight excluding hydrogens is 523 g/mol. The molecule has 0 saturated heterocycles. The second kappa shape index (κ2) is 10.3. The predicted molar refractivity (Wildman–Crippen MR) is 166 cm³/mol. The molecule has 6 heteroatoms. The largest absolute Gasteiger partial charge is 0.457 e. The third-order valence-corrected chi connectivity index (χ3v) is 7.77. The molecular formula is C36H29FN4O. The standard InChI is InChI=1S/C36H29FN4O/c1-4-25-16-23(2)36(24(3)17-25)26-21-39-40(22-26)28-8-7-9-29(19-28)42-30-12-13-32-31-10-5-6-11-33(31)41(34(32)20-30)35-18-27(37)14-15-38-35/h5-22H,4H2,1-3H3. The van der Waals surface area contributed by atoms with Gasteiger partial charge in [-0.3, -0.25) is 4.57 Å². The molecule has 4 aromatic carbocycles. The van der Waals surface area contributed by atoms with Crippen LogP contribution in [0.1, 0.15) is 23.6 Å². The summed E-state index contributed by atoms with van der Waals surface area (Å²) < 4.78 is 24.4. The van der Waals surface area contributed by atoms with E-state index in [1.165, 1.54) is 40.6 Å². The Hall–Kier alpha value is -5.23. The molecule has 5 nitrogen and oxygen atoms in total. The summed E-state index contributed by atoms with van der Waals surface area (Å²) in [6.07, 6.45) is 6.49. The molecule has 0 amide bonds. The van der Waals surface area contributed by atoms with Gasteiger partial charge >= 0.3 is 0 Å². The van der Waals surface area contributed by atoms with Crippen LogP contribution in [0.15, 0.2) is 110 Å². The number of hydrogen-bond donors (Lipinski definition) is 0. The van der Waals surface area contributed by atoms with E-state index in [1.54, 1.807) is 0 Å². The van der Waals surface area contributed by atoms with Crippen molar-refractivity contribution in [2.24, 2.45) is 0 Å². The van der Waals surface area contributed by atoms with Crippen molar-refractivity contribution in [3.8, 4) is 34.1 Å². The number of aromatic nitrogens is 4. The van der Waals surface area contributed by atoms with Gasteiger partial charge in [0.2, 0.25) is 0 Å². The van der Waals surface area contributed by atoms with E-state index in [2.05, 4.69) is 55.2 Å². The van der Waals surface area contributed by atoms with Crippen molar-refractivity contribution in [2.75, 3.05) is 0 Å². The lowest BCUT2D eigenvalue weighted by atomic mass is 9.95. The smallest absolute Gasteiger partial charge is 0.140 e. The van der Waals surface area contributed by atoms with Crippen molar-refractivity contribution in [1.82, 2.24) is 19.3 Å². The molecule has 0 unspecified atom stereocenters. The van der Waals surface area contributed by atoms with E-state index in [4.69, 9.17) is 4.74 Å². The predicted octanol–water partition coefficient (Wildman–Crippen LogP) is 9.14. The third-order valence-electron chi connectivity index (χ3n) is 7.77. The van der Waals surface area contributed by atoms with Crippen LogP contribution in [-0.2, 0) is 6.42 Å². The van der Waals surface area contributed by atoms with Crippen LogP contribution in [0.5, 0.6) is 11.5 Å². The van der Waals surface area contributed by atoms with E-state index in [1.807, 2.05) is 76.1 Å². The van der Waals surface area contributed by atoms with Gasteiger partial charge in [-0.05, 0) is 78.9 Å². The highest BCUT2D eigenvalue weighted by Gasteiger charge is 2.15. The SMILES string of the molecule is CCc1cc(C)c(-c2cnn(-c3cccc(Oc4ccc5c6ccccc6n(-c6cc(F)ccn6)c5c4)c3)c2)c(C)c1. The molecule has 7 rings (SSSR count). The lowest BCUT2D eigenvalue weighted by Crippen LogP contribution is -1.98. The maximum atomic E-state index is 14.2. The van der Waals surface area contributed by atoms with Gasteiger partial charge in [-0.2, -0.15) is 5.10 Å². The van der Waals surface area contributed by atoms with Gasteiger partial charge < -0.3 is 4.74 Å². The number of halogens is 1. The van der Waals surface area contributed by atoms with E-state index in [0.29, 0.717) is 17.3 Å². The average Bonchev–Trinajstić information content (AvgIpc) is 3.60. The Kier molecular flexibility index (Phi) is 6.31. The van der Waals surface area contributed by atoms with Crippen LogP contribution in [0, 0.1) is 19.7 Å². The molecule has 0 aliphatic rings. The zero-order valence-electron chi connectivity index (χ0n) is 23.7. The summed E-state index contributed by atoms with van der Waals surface area (Å²) in [5.74, 6) is 1.54. The number of rotatable bonds is 6. The van der Waals surface area contributed by atoms with Crippen LogP contribution in [-0.4, -0.2) is 19.3 Å². The van der Waals surface area contributed by atoms with Crippen molar-refractivity contribution in [3.05, 3.63) is 132 Å².